The average Bonchev–Trinajstić information content (AvgIpc) is 2.68. The molecule has 0 saturated heterocycles. The van der Waals surface area contributed by atoms with Crippen molar-refractivity contribution >= 4 is 28.3 Å². The van der Waals surface area contributed by atoms with Crippen molar-refractivity contribution < 1.29 is 4.79 Å². The highest BCUT2D eigenvalue weighted by molar-refractivity contribution is 6.31. The maximum Gasteiger partial charge on any atom is 0.147 e. The summed E-state index contributed by atoms with van der Waals surface area (Å²) < 4.78 is 0. The van der Waals surface area contributed by atoms with E-state index in [9.17, 15) is 4.79 Å². The van der Waals surface area contributed by atoms with Crippen LogP contribution < -0.4 is 5.32 Å². The van der Waals surface area contributed by atoms with Crippen molar-refractivity contribution in [1.82, 2.24) is 10.3 Å². The molecule has 1 atom stereocenters. The van der Waals surface area contributed by atoms with Gasteiger partial charge in [-0.2, -0.15) is 0 Å². The van der Waals surface area contributed by atoms with Crippen molar-refractivity contribution in [2.24, 2.45) is 0 Å². The predicted octanol–water partition coefficient (Wildman–Crippen LogP) is 2.54. The monoisotopic (exact) mass is 250 g/mol. The quantitative estimate of drug-likeness (QED) is 0.876. The number of carbonyl (C=O) groups is 1. The minimum Gasteiger partial charge on any atom is -0.361 e. The summed E-state index contributed by atoms with van der Waals surface area (Å²) in [6, 6.07) is 5.58. The maximum atomic E-state index is 11.4. The first-order valence-corrected chi connectivity index (χ1v) is 5.93. The van der Waals surface area contributed by atoms with Crippen LogP contribution >= 0.6 is 11.6 Å². The second kappa shape index (κ2) is 4.90. The van der Waals surface area contributed by atoms with Crippen LogP contribution in [0.2, 0.25) is 5.02 Å². The van der Waals surface area contributed by atoms with Gasteiger partial charge in [0.15, 0.2) is 0 Å². The van der Waals surface area contributed by atoms with Crippen molar-refractivity contribution in [2.45, 2.75) is 19.4 Å². The molecule has 1 heterocycles. The van der Waals surface area contributed by atoms with E-state index < -0.39 is 0 Å². The smallest absolute Gasteiger partial charge is 0.147 e. The fraction of sp³-hybridized carbons (Fsp3) is 0.308. The second-order valence-electron chi connectivity index (χ2n) is 4.16. The molecular weight excluding hydrogens is 236 g/mol. The van der Waals surface area contributed by atoms with Crippen molar-refractivity contribution in [3.8, 4) is 0 Å². The Balaban J connectivity index is 2.35. The topological polar surface area (TPSA) is 44.9 Å². The lowest BCUT2D eigenvalue weighted by Gasteiger charge is -2.11. The lowest BCUT2D eigenvalue weighted by molar-refractivity contribution is -0.118. The van der Waals surface area contributed by atoms with Crippen LogP contribution in [-0.2, 0) is 11.2 Å². The number of H-pyrrole nitrogens is 1. The van der Waals surface area contributed by atoms with E-state index in [0.29, 0.717) is 11.4 Å². The summed E-state index contributed by atoms with van der Waals surface area (Å²) in [4.78, 5) is 14.6. The summed E-state index contributed by atoms with van der Waals surface area (Å²) in [5.74, 6) is 0.142. The number of Topliss-reactive ketones (excluding diaryl/α,β-unsaturated/α-hetero) is 1. The van der Waals surface area contributed by atoms with Crippen molar-refractivity contribution in [1.29, 1.82) is 0 Å². The Morgan fingerprint density at radius 1 is 1.53 bits per heavy atom. The molecule has 3 nitrogen and oxygen atoms in total. The molecule has 2 aromatic rings. The fourth-order valence-electron chi connectivity index (χ4n) is 1.99. The molecule has 0 aliphatic carbocycles. The van der Waals surface area contributed by atoms with Crippen LogP contribution in [0.5, 0.6) is 0 Å². The van der Waals surface area contributed by atoms with Crippen molar-refractivity contribution in [3.05, 3.63) is 35.0 Å². The molecule has 0 fully saturated rings. The van der Waals surface area contributed by atoms with Gasteiger partial charge in [0, 0.05) is 22.1 Å². The first-order chi connectivity index (χ1) is 8.11. The number of hydrogen-bond donors (Lipinski definition) is 2. The number of hydrogen-bond acceptors (Lipinski definition) is 2. The normalized spacial score (nSPS) is 12.9. The number of ketones is 1. The molecule has 0 aliphatic heterocycles. The highest BCUT2D eigenvalue weighted by Gasteiger charge is 2.14. The molecule has 0 spiro atoms. The van der Waals surface area contributed by atoms with Gasteiger partial charge in [-0.25, -0.2) is 0 Å². The Bertz CT molecular complexity index is 547. The molecule has 0 saturated carbocycles. The number of fused-ring (bicyclic) bond motifs is 1. The van der Waals surface area contributed by atoms with Crippen LogP contribution in [0.15, 0.2) is 24.4 Å². The Labute approximate surface area is 105 Å². The van der Waals surface area contributed by atoms with Gasteiger partial charge in [0.1, 0.15) is 5.78 Å². The van der Waals surface area contributed by atoms with E-state index in [0.717, 1.165) is 16.5 Å². The SMILES string of the molecule is CNC(Cc1c[nH]c2ccc(Cl)cc12)C(C)=O. The van der Waals surface area contributed by atoms with Crippen LogP contribution in [0, 0.1) is 0 Å². The van der Waals surface area contributed by atoms with E-state index >= 15 is 0 Å². The number of benzene rings is 1. The molecule has 0 bridgehead atoms. The van der Waals surface area contributed by atoms with Gasteiger partial charge in [0.2, 0.25) is 0 Å². The van der Waals surface area contributed by atoms with Gasteiger partial charge in [0.05, 0.1) is 6.04 Å². The summed E-state index contributed by atoms with van der Waals surface area (Å²) in [5, 5.41) is 4.82. The molecule has 1 unspecified atom stereocenters. The minimum atomic E-state index is -0.145. The van der Waals surface area contributed by atoms with Gasteiger partial charge >= 0.3 is 0 Å². The lowest BCUT2D eigenvalue weighted by atomic mass is 10.0. The third-order valence-corrected chi connectivity index (χ3v) is 3.23. The molecular formula is C13H15ClN2O. The summed E-state index contributed by atoms with van der Waals surface area (Å²) in [6.07, 6.45) is 2.61. The van der Waals surface area contributed by atoms with E-state index in [2.05, 4.69) is 10.3 Å². The van der Waals surface area contributed by atoms with E-state index in [-0.39, 0.29) is 11.8 Å². The van der Waals surface area contributed by atoms with Crippen LogP contribution in [0.3, 0.4) is 0 Å². The molecule has 1 aromatic carbocycles. The average molecular weight is 251 g/mol. The molecule has 2 N–H and O–H groups in total. The Hall–Kier alpha value is -1.32. The molecule has 4 heteroatoms. The first kappa shape index (κ1) is 12.1. The number of nitrogens with one attached hydrogen (secondary N) is 2. The largest absolute Gasteiger partial charge is 0.361 e. The molecule has 90 valence electrons. The molecule has 17 heavy (non-hydrogen) atoms. The fourth-order valence-corrected chi connectivity index (χ4v) is 2.16. The van der Waals surface area contributed by atoms with Gasteiger partial charge in [-0.15, -0.1) is 0 Å². The lowest BCUT2D eigenvalue weighted by Crippen LogP contribution is -2.34. The zero-order chi connectivity index (χ0) is 12.4. The molecule has 1 aromatic heterocycles. The standard InChI is InChI=1S/C13H15ClN2O/c1-8(17)13(15-2)5-9-7-16-12-4-3-10(14)6-11(9)12/h3-4,6-7,13,15-16H,5H2,1-2H3. The number of rotatable bonds is 4. The summed E-state index contributed by atoms with van der Waals surface area (Å²) in [6.45, 7) is 1.60. The number of carbonyl (C=O) groups excluding carboxylic acids is 1. The Morgan fingerprint density at radius 3 is 2.94 bits per heavy atom. The summed E-state index contributed by atoms with van der Waals surface area (Å²) >= 11 is 5.98. The van der Waals surface area contributed by atoms with Crippen LogP contribution in [0.25, 0.3) is 10.9 Å². The Kier molecular flexibility index (Phi) is 3.50. The van der Waals surface area contributed by atoms with Gasteiger partial charge in [-0.3, -0.25) is 4.79 Å². The van der Waals surface area contributed by atoms with Crippen molar-refractivity contribution in [3.63, 3.8) is 0 Å². The highest BCUT2D eigenvalue weighted by Crippen LogP contribution is 2.23. The predicted molar refractivity (Wildman–Crippen MR) is 70.5 cm³/mol. The zero-order valence-electron chi connectivity index (χ0n) is 9.88. The molecule has 0 amide bonds. The van der Waals surface area contributed by atoms with E-state index in [4.69, 9.17) is 11.6 Å². The van der Waals surface area contributed by atoms with E-state index in [1.54, 1.807) is 14.0 Å². The van der Waals surface area contributed by atoms with Gasteiger partial charge in [-0.05, 0) is 44.2 Å². The molecule has 2 rings (SSSR count). The number of aromatic nitrogens is 1. The van der Waals surface area contributed by atoms with Crippen LogP contribution in [0.4, 0.5) is 0 Å². The van der Waals surface area contributed by atoms with Gasteiger partial charge in [-0.1, -0.05) is 11.6 Å². The van der Waals surface area contributed by atoms with Crippen LogP contribution in [0.1, 0.15) is 12.5 Å². The number of aromatic amines is 1. The first-order valence-electron chi connectivity index (χ1n) is 5.55. The van der Waals surface area contributed by atoms with Crippen LogP contribution in [-0.4, -0.2) is 23.9 Å². The number of halogens is 1. The summed E-state index contributed by atoms with van der Waals surface area (Å²) in [5.41, 5.74) is 2.15. The highest BCUT2D eigenvalue weighted by atomic mass is 35.5. The second-order valence-corrected chi connectivity index (χ2v) is 4.60. The number of likely N-dealkylation sites (N-methyl/N-ethyl adjacent to an activating group) is 1. The minimum absolute atomic E-state index is 0.142. The Morgan fingerprint density at radius 2 is 2.29 bits per heavy atom. The zero-order valence-corrected chi connectivity index (χ0v) is 10.6. The molecule has 0 aliphatic rings. The van der Waals surface area contributed by atoms with Gasteiger partial charge < -0.3 is 10.3 Å². The maximum absolute atomic E-state index is 11.4. The summed E-state index contributed by atoms with van der Waals surface area (Å²) in [7, 11) is 1.80. The van der Waals surface area contributed by atoms with Gasteiger partial charge in [0.25, 0.3) is 0 Å². The molecule has 0 radical (unpaired) electrons. The van der Waals surface area contributed by atoms with E-state index in [1.807, 2.05) is 24.4 Å². The third kappa shape index (κ3) is 2.51. The van der Waals surface area contributed by atoms with Crippen molar-refractivity contribution in [2.75, 3.05) is 7.05 Å². The van der Waals surface area contributed by atoms with E-state index in [1.165, 1.54) is 0 Å². The third-order valence-electron chi connectivity index (χ3n) is 2.99.